The van der Waals surface area contributed by atoms with Gasteiger partial charge in [-0.3, -0.25) is 4.79 Å². The minimum absolute atomic E-state index is 0.212. The van der Waals surface area contributed by atoms with Crippen LogP contribution in [0.1, 0.15) is 23.3 Å². The molecular formula is C26H28N3O3+. The molecule has 1 aliphatic rings. The molecule has 164 valence electrons. The molecule has 1 aliphatic heterocycles. The van der Waals surface area contributed by atoms with Gasteiger partial charge in [-0.25, -0.2) is 9.78 Å². The van der Waals surface area contributed by atoms with E-state index in [1.165, 1.54) is 0 Å². The number of piperidine rings is 1. The molecule has 0 atom stereocenters. The van der Waals surface area contributed by atoms with E-state index in [-0.39, 0.29) is 5.69 Å². The highest BCUT2D eigenvalue weighted by atomic mass is 16.4. The molecule has 1 aromatic heterocycles. The predicted octanol–water partition coefficient (Wildman–Crippen LogP) is 3.84. The van der Waals surface area contributed by atoms with Crippen molar-refractivity contribution in [3.63, 3.8) is 0 Å². The summed E-state index contributed by atoms with van der Waals surface area (Å²) in [6.45, 7) is 1.37. The molecule has 2 N–H and O–H groups in total. The summed E-state index contributed by atoms with van der Waals surface area (Å²) in [7, 11) is 4.15. The average Bonchev–Trinajstić information content (AvgIpc) is 2.81. The van der Waals surface area contributed by atoms with Crippen LogP contribution in [0.3, 0.4) is 0 Å². The number of aromatic nitrogens is 1. The third-order valence-electron chi connectivity index (χ3n) is 6.31. The quantitative estimate of drug-likeness (QED) is 0.603. The Kier molecular flexibility index (Phi) is 5.80. The van der Waals surface area contributed by atoms with E-state index in [1.807, 2.05) is 66.7 Å². The van der Waals surface area contributed by atoms with Gasteiger partial charge in [0, 0.05) is 24.0 Å². The Hall–Kier alpha value is -3.51. The lowest BCUT2D eigenvalue weighted by Crippen LogP contribution is -2.63. The molecule has 2 aromatic carbocycles. The topological polar surface area (TPSA) is 79.3 Å². The van der Waals surface area contributed by atoms with E-state index < -0.39 is 17.4 Å². The second kappa shape index (κ2) is 8.55. The maximum absolute atomic E-state index is 13.2. The van der Waals surface area contributed by atoms with Crippen molar-refractivity contribution in [3.8, 4) is 22.4 Å². The largest absolute Gasteiger partial charge is 0.479 e. The molecular weight excluding hydrogens is 402 g/mol. The van der Waals surface area contributed by atoms with Crippen LogP contribution in [0, 0.1) is 0 Å². The normalized spacial score (nSPS) is 16.8. The number of hydrogen-bond donors (Lipinski definition) is 2. The first-order valence-electron chi connectivity index (χ1n) is 10.8. The monoisotopic (exact) mass is 430 g/mol. The van der Waals surface area contributed by atoms with Crippen LogP contribution >= 0.6 is 0 Å². The summed E-state index contributed by atoms with van der Waals surface area (Å²) in [5, 5.41) is 12.8. The molecule has 4 rings (SSSR count). The van der Waals surface area contributed by atoms with Crippen molar-refractivity contribution in [1.82, 2.24) is 10.3 Å². The third-order valence-corrected chi connectivity index (χ3v) is 6.31. The van der Waals surface area contributed by atoms with Crippen molar-refractivity contribution in [1.29, 1.82) is 0 Å². The molecule has 0 saturated carbocycles. The Bertz CT molecular complexity index is 1120. The van der Waals surface area contributed by atoms with Crippen molar-refractivity contribution in [3.05, 3.63) is 78.5 Å². The summed E-state index contributed by atoms with van der Waals surface area (Å²) in [5.74, 6) is -1.45. The number of nitrogens with one attached hydrogen (secondary N) is 1. The van der Waals surface area contributed by atoms with Crippen molar-refractivity contribution in [2.45, 2.75) is 18.4 Å². The van der Waals surface area contributed by atoms with Crippen molar-refractivity contribution in [2.24, 2.45) is 0 Å². The Labute approximate surface area is 188 Å². The Morgan fingerprint density at radius 2 is 1.44 bits per heavy atom. The van der Waals surface area contributed by atoms with Crippen LogP contribution in [0.5, 0.6) is 0 Å². The van der Waals surface area contributed by atoms with Gasteiger partial charge in [-0.2, -0.15) is 0 Å². The van der Waals surface area contributed by atoms with E-state index >= 15 is 0 Å². The zero-order chi connectivity index (χ0) is 22.8. The molecule has 6 nitrogen and oxygen atoms in total. The minimum Gasteiger partial charge on any atom is -0.479 e. The first-order chi connectivity index (χ1) is 15.3. The van der Waals surface area contributed by atoms with Crippen LogP contribution in [0.2, 0.25) is 0 Å². The molecule has 1 amide bonds. The van der Waals surface area contributed by atoms with E-state index in [0.717, 1.165) is 21.2 Å². The number of nitrogens with zero attached hydrogens (tertiary/aromatic N) is 2. The number of hydrogen-bond acceptors (Lipinski definition) is 3. The maximum atomic E-state index is 13.2. The zero-order valence-corrected chi connectivity index (χ0v) is 18.4. The van der Waals surface area contributed by atoms with Crippen LogP contribution in [-0.2, 0) is 4.79 Å². The van der Waals surface area contributed by atoms with Gasteiger partial charge in [0.25, 0.3) is 5.91 Å². The lowest BCUT2D eigenvalue weighted by atomic mass is 9.86. The summed E-state index contributed by atoms with van der Waals surface area (Å²) in [5.41, 5.74) is 2.44. The van der Waals surface area contributed by atoms with Gasteiger partial charge in [0.15, 0.2) is 0 Å². The highest BCUT2D eigenvalue weighted by Crippen LogP contribution is 2.31. The molecule has 1 fully saturated rings. The summed E-state index contributed by atoms with van der Waals surface area (Å²) in [6.07, 6.45) is 0.767. The number of carbonyl (C=O) groups is 2. The fourth-order valence-electron chi connectivity index (χ4n) is 4.15. The van der Waals surface area contributed by atoms with Crippen LogP contribution in [0.4, 0.5) is 0 Å². The fraction of sp³-hybridized carbons (Fsp3) is 0.269. The Balaban J connectivity index is 1.69. The highest BCUT2D eigenvalue weighted by Gasteiger charge is 2.46. The number of carbonyl (C=O) groups excluding carboxylic acids is 1. The van der Waals surface area contributed by atoms with Crippen LogP contribution < -0.4 is 5.32 Å². The van der Waals surface area contributed by atoms with Gasteiger partial charge in [-0.15, -0.1) is 0 Å². The molecule has 32 heavy (non-hydrogen) atoms. The van der Waals surface area contributed by atoms with E-state index in [1.54, 1.807) is 6.07 Å². The van der Waals surface area contributed by atoms with Gasteiger partial charge in [0.1, 0.15) is 11.2 Å². The second-order valence-electron chi connectivity index (χ2n) is 9.05. The highest BCUT2D eigenvalue weighted by molar-refractivity contribution is 5.97. The molecule has 6 heteroatoms. The molecule has 2 heterocycles. The van der Waals surface area contributed by atoms with Gasteiger partial charge >= 0.3 is 5.97 Å². The average molecular weight is 431 g/mol. The smallest absolute Gasteiger partial charge is 0.329 e. The summed E-state index contributed by atoms with van der Waals surface area (Å²) >= 11 is 0. The van der Waals surface area contributed by atoms with Gasteiger partial charge in [-0.05, 0) is 17.7 Å². The summed E-state index contributed by atoms with van der Waals surface area (Å²) in [4.78, 5) is 30.0. The number of quaternary nitrogens is 1. The number of aliphatic carboxylic acids is 1. The van der Waals surface area contributed by atoms with E-state index in [4.69, 9.17) is 4.98 Å². The summed E-state index contributed by atoms with van der Waals surface area (Å²) in [6, 6.07) is 23.1. The second-order valence-corrected chi connectivity index (χ2v) is 9.05. The molecule has 1 saturated heterocycles. The van der Waals surface area contributed by atoms with E-state index in [0.29, 0.717) is 31.6 Å². The molecule has 0 aliphatic carbocycles. The number of carboxylic acid groups (broad SMARTS) is 1. The SMILES string of the molecule is C[N+]1(C)CCC(NC(=O)c2ccc(-c3ccccc3)c(-c3ccccc3)n2)(C(=O)O)CC1. The van der Waals surface area contributed by atoms with Gasteiger partial charge in [0.05, 0.1) is 32.9 Å². The van der Waals surface area contributed by atoms with E-state index in [9.17, 15) is 14.7 Å². The first kappa shape index (κ1) is 21.7. The number of carboxylic acids is 1. The number of amides is 1. The number of pyridine rings is 1. The van der Waals surface area contributed by atoms with Gasteiger partial charge < -0.3 is 14.9 Å². The standard InChI is InChI=1S/C26H27N3O3/c1-29(2)17-15-26(16-18-29,25(31)32)28-24(30)22-14-13-21(19-9-5-3-6-10-19)23(27-22)20-11-7-4-8-12-20/h3-14H,15-18H2,1-2H3,(H-,28,30,31,32)/p+1. The predicted molar refractivity (Wildman–Crippen MR) is 124 cm³/mol. The fourth-order valence-corrected chi connectivity index (χ4v) is 4.15. The number of benzene rings is 2. The van der Waals surface area contributed by atoms with Crippen LogP contribution in [0.15, 0.2) is 72.8 Å². The molecule has 0 radical (unpaired) electrons. The van der Waals surface area contributed by atoms with Crippen molar-refractivity contribution >= 4 is 11.9 Å². The number of likely N-dealkylation sites (tertiary alicyclic amines) is 1. The van der Waals surface area contributed by atoms with E-state index in [2.05, 4.69) is 19.4 Å². The Morgan fingerprint density at radius 3 is 2.00 bits per heavy atom. The van der Waals surface area contributed by atoms with Crippen LogP contribution in [0.25, 0.3) is 22.4 Å². The van der Waals surface area contributed by atoms with Crippen LogP contribution in [-0.4, -0.2) is 59.2 Å². The molecule has 3 aromatic rings. The van der Waals surface area contributed by atoms with Crippen molar-refractivity contribution in [2.75, 3.05) is 27.2 Å². The Morgan fingerprint density at radius 1 is 0.875 bits per heavy atom. The zero-order valence-electron chi connectivity index (χ0n) is 18.4. The maximum Gasteiger partial charge on any atom is 0.329 e. The first-order valence-corrected chi connectivity index (χ1v) is 10.8. The lowest BCUT2D eigenvalue weighted by molar-refractivity contribution is -0.896. The number of rotatable bonds is 5. The summed E-state index contributed by atoms with van der Waals surface area (Å²) < 4.78 is 0.743. The lowest BCUT2D eigenvalue weighted by Gasteiger charge is -2.42. The van der Waals surface area contributed by atoms with Gasteiger partial charge in [-0.1, -0.05) is 60.7 Å². The van der Waals surface area contributed by atoms with Gasteiger partial charge in [0.2, 0.25) is 0 Å². The molecule has 0 unspecified atom stereocenters. The van der Waals surface area contributed by atoms with Crippen molar-refractivity contribution < 1.29 is 19.2 Å². The molecule has 0 bridgehead atoms. The molecule has 0 spiro atoms. The minimum atomic E-state index is -1.27. The third kappa shape index (κ3) is 4.41.